The number of rotatable bonds is 5. The summed E-state index contributed by atoms with van der Waals surface area (Å²) in [4.78, 5) is 7.05. The first-order chi connectivity index (χ1) is 12.8. The SMILES string of the molecule is CO[C@@H]1C[C@@H](c2nnc3n2CCC3)N(Cc2nc(C3CCCC3)no2)C1. The van der Waals surface area contributed by atoms with Crippen LogP contribution in [0.15, 0.2) is 4.52 Å². The lowest BCUT2D eigenvalue weighted by Crippen LogP contribution is -2.26. The zero-order valence-corrected chi connectivity index (χ0v) is 15.3. The number of nitrogens with zero attached hydrogens (tertiary/aromatic N) is 6. The summed E-state index contributed by atoms with van der Waals surface area (Å²) in [6.45, 7) is 2.52. The fourth-order valence-electron chi connectivity index (χ4n) is 4.75. The molecule has 2 fully saturated rings. The van der Waals surface area contributed by atoms with E-state index in [0.717, 1.165) is 49.8 Å². The molecule has 8 heteroatoms. The fraction of sp³-hybridized carbons (Fsp3) is 0.778. The number of hydrogen-bond acceptors (Lipinski definition) is 7. The van der Waals surface area contributed by atoms with Crippen molar-refractivity contribution >= 4 is 0 Å². The Morgan fingerprint density at radius 1 is 1.19 bits per heavy atom. The van der Waals surface area contributed by atoms with Gasteiger partial charge >= 0.3 is 0 Å². The van der Waals surface area contributed by atoms with Gasteiger partial charge in [0.05, 0.1) is 18.7 Å². The van der Waals surface area contributed by atoms with Crippen molar-refractivity contribution in [3.8, 4) is 0 Å². The number of hydrogen-bond donors (Lipinski definition) is 0. The van der Waals surface area contributed by atoms with Crippen molar-refractivity contribution in [3.63, 3.8) is 0 Å². The maximum Gasteiger partial charge on any atom is 0.240 e. The van der Waals surface area contributed by atoms with Gasteiger partial charge in [-0.1, -0.05) is 18.0 Å². The van der Waals surface area contributed by atoms with Crippen LogP contribution in [0.5, 0.6) is 0 Å². The molecule has 4 heterocycles. The van der Waals surface area contributed by atoms with E-state index in [9.17, 15) is 0 Å². The highest BCUT2D eigenvalue weighted by Gasteiger charge is 2.38. The summed E-state index contributed by atoms with van der Waals surface area (Å²) in [6.07, 6.45) is 8.23. The van der Waals surface area contributed by atoms with Crippen LogP contribution < -0.4 is 0 Å². The fourth-order valence-corrected chi connectivity index (χ4v) is 4.75. The highest BCUT2D eigenvalue weighted by molar-refractivity contribution is 5.09. The van der Waals surface area contributed by atoms with Crippen molar-refractivity contribution in [2.75, 3.05) is 13.7 Å². The van der Waals surface area contributed by atoms with Gasteiger partial charge < -0.3 is 13.8 Å². The first-order valence-electron chi connectivity index (χ1n) is 9.83. The first-order valence-corrected chi connectivity index (χ1v) is 9.83. The molecule has 1 saturated heterocycles. The second-order valence-corrected chi connectivity index (χ2v) is 7.80. The van der Waals surface area contributed by atoms with Gasteiger partial charge in [-0.05, 0) is 25.7 Å². The Labute approximate surface area is 152 Å². The topological polar surface area (TPSA) is 82.1 Å². The smallest absolute Gasteiger partial charge is 0.240 e. The number of likely N-dealkylation sites (tertiary alicyclic amines) is 1. The van der Waals surface area contributed by atoms with Gasteiger partial charge in [-0.25, -0.2) is 0 Å². The average molecular weight is 358 g/mol. The Balaban J connectivity index is 1.36. The number of fused-ring (bicyclic) bond motifs is 1. The van der Waals surface area contributed by atoms with E-state index in [1.807, 2.05) is 0 Å². The van der Waals surface area contributed by atoms with E-state index >= 15 is 0 Å². The summed E-state index contributed by atoms with van der Waals surface area (Å²) in [5.41, 5.74) is 0. The predicted molar refractivity (Wildman–Crippen MR) is 92.4 cm³/mol. The van der Waals surface area contributed by atoms with Gasteiger partial charge in [-0.2, -0.15) is 4.98 Å². The van der Waals surface area contributed by atoms with Gasteiger partial charge in [0.15, 0.2) is 11.6 Å². The molecular weight excluding hydrogens is 332 g/mol. The molecule has 0 spiro atoms. The molecule has 5 rings (SSSR count). The van der Waals surface area contributed by atoms with Crippen molar-refractivity contribution in [3.05, 3.63) is 23.4 Å². The molecule has 0 unspecified atom stereocenters. The number of ether oxygens (including phenoxy) is 1. The molecule has 1 saturated carbocycles. The van der Waals surface area contributed by atoms with E-state index in [2.05, 4.69) is 24.8 Å². The third-order valence-electron chi connectivity index (χ3n) is 6.18. The summed E-state index contributed by atoms with van der Waals surface area (Å²) < 4.78 is 13.5. The van der Waals surface area contributed by atoms with E-state index in [0.29, 0.717) is 18.4 Å². The van der Waals surface area contributed by atoms with Crippen molar-refractivity contribution < 1.29 is 9.26 Å². The van der Waals surface area contributed by atoms with Crippen LogP contribution in [0.25, 0.3) is 0 Å². The lowest BCUT2D eigenvalue weighted by Gasteiger charge is -2.21. The molecule has 0 bridgehead atoms. The quantitative estimate of drug-likeness (QED) is 0.810. The van der Waals surface area contributed by atoms with Crippen LogP contribution in [-0.2, 0) is 24.2 Å². The minimum Gasteiger partial charge on any atom is -0.380 e. The van der Waals surface area contributed by atoms with Crippen molar-refractivity contribution in [1.82, 2.24) is 29.8 Å². The van der Waals surface area contributed by atoms with E-state index in [1.54, 1.807) is 7.11 Å². The maximum absolute atomic E-state index is 5.65. The lowest BCUT2D eigenvalue weighted by atomic mass is 10.1. The summed E-state index contributed by atoms with van der Waals surface area (Å²) in [5, 5.41) is 13.1. The number of aryl methyl sites for hydroxylation is 1. The molecule has 2 aliphatic heterocycles. The van der Waals surface area contributed by atoms with Crippen LogP contribution in [0, 0.1) is 0 Å². The Morgan fingerprint density at radius 3 is 2.92 bits per heavy atom. The van der Waals surface area contributed by atoms with Crippen LogP contribution >= 0.6 is 0 Å². The minimum absolute atomic E-state index is 0.195. The van der Waals surface area contributed by atoms with Gasteiger partial charge in [0.1, 0.15) is 5.82 Å². The van der Waals surface area contributed by atoms with E-state index in [1.165, 1.54) is 25.7 Å². The van der Waals surface area contributed by atoms with Crippen molar-refractivity contribution in [2.24, 2.45) is 0 Å². The van der Waals surface area contributed by atoms with E-state index in [4.69, 9.17) is 14.2 Å². The summed E-state index contributed by atoms with van der Waals surface area (Å²) in [6, 6.07) is 0.195. The van der Waals surface area contributed by atoms with E-state index in [-0.39, 0.29) is 12.1 Å². The molecule has 0 aromatic carbocycles. The Morgan fingerprint density at radius 2 is 2.08 bits per heavy atom. The highest BCUT2D eigenvalue weighted by atomic mass is 16.5. The van der Waals surface area contributed by atoms with Gasteiger partial charge in [0.25, 0.3) is 0 Å². The molecule has 2 aromatic heterocycles. The third-order valence-corrected chi connectivity index (χ3v) is 6.18. The second-order valence-electron chi connectivity index (χ2n) is 7.80. The molecule has 2 aromatic rings. The summed E-state index contributed by atoms with van der Waals surface area (Å²) >= 11 is 0. The molecular formula is C18H26N6O2. The van der Waals surface area contributed by atoms with E-state index < -0.39 is 0 Å². The molecule has 1 aliphatic carbocycles. The van der Waals surface area contributed by atoms with Crippen LogP contribution in [-0.4, -0.2) is 49.6 Å². The Bertz CT molecular complexity index is 766. The zero-order valence-electron chi connectivity index (χ0n) is 15.3. The molecule has 0 N–H and O–H groups in total. The van der Waals surface area contributed by atoms with Gasteiger partial charge in [-0.15, -0.1) is 10.2 Å². The third kappa shape index (κ3) is 2.85. The monoisotopic (exact) mass is 358 g/mol. The molecule has 140 valence electrons. The van der Waals surface area contributed by atoms with Gasteiger partial charge in [0.2, 0.25) is 5.89 Å². The standard InChI is InChI=1S/C18H26N6O2/c1-25-13-9-14(18-21-20-15-7-4-8-24(15)18)23(10-13)11-16-19-17(22-26-16)12-5-2-3-6-12/h12-14H,2-11H2,1H3/t13-,14+/m1/s1. The predicted octanol–water partition coefficient (Wildman–Crippen LogP) is 2.23. The largest absolute Gasteiger partial charge is 0.380 e. The highest BCUT2D eigenvalue weighted by Crippen LogP contribution is 2.36. The van der Waals surface area contributed by atoms with Crippen molar-refractivity contribution in [1.29, 1.82) is 0 Å². The van der Waals surface area contributed by atoms with Gasteiger partial charge in [0, 0.05) is 32.5 Å². The number of methoxy groups -OCH3 is 1. The van der Waals surface area contributed by atoms with Crippen LogP contribution in [0.3, 0.4) is 0 Å². The maximum atomic E-state index is 5.65. The molecule has 3 aliphatic rings. The summed E-state index contributed by atoms with van der Waals surface area (Å²) in [5.74, 6) is 4.25. The molecule has 8 nitrogen and oxygen atoms in total. The van der Waals surface area contributed by atoms with Crippen LogP contribution in [0.4, 0.5) is 0 Å². The van der Waals surface area contributed by atoms with Gasteiger partial charge in [-0.3, -0.25) is 4.90 Å². The molecule has 26 heavy (non-hydrogen) atoms. The molecule has 0 radical (unpaired) electrons. The number of aromatic nitrogens is 5. The van der Waals surface area contributed by atoms with Crippen LogP contribution in [0.1, 0.15) is 73.8 Å². The first kappa shape index (κ1) is 16.4. The Kier molecular flexibility index (Phi) is 4.24. The second kappa shape index (κ2) is 6.74. The normalized spacial score (nSPS) is 26.8. The zero-order chi connectivity index (χ0) is 17.5. The summed E-state index contributed by atoms with van der Waals surface area (Å²) in [7, 11) is 1.78. The van der Waals surface area contributed by atoms with Crippen LogP contribution in [0.2, 0.25) is 0 Å². The molecule has 0 amide bonds. The lowest BCUT2D eigenvalue weighted by molar-refractivity contribution is 0.105. The Hall–Kier alpha value is -1.80. The minimum atomic E-state index is 0.195. The molecule has 2 atom stereocenters. The van der Waals surface area contributed by atoms with Crippen molar-refractivity contribution in [2.45, 2.75) is 76.1 Å². The average Bonchev–Trinajstić information content (AvgIpc) is 3.43.